The number of aromatic nitrogens is 1. The molecule has 0 spiro atoms. The molecule has 21 heavy (non-hydrogen) atoms. The highest BCUT2D eigenvalue weighted by Gasteiger charge is 2.30. The average molecular weight is 310 g/mol. The standard InChI is InChI=1S/C17H31N3S/c1-7-18-11-13-14(16(2,3)4)19-15(21-13)20-10-8-9-17(5,6)12-20/h18H,7-12H2,1-6H3. The van der Waals surface area contributed by atoms with E-state index in [0.29, 0.717) is 5.41 Å². The highest BCUT2D eigenvalue weighted by Crippen LogP contribution is 2.37. The van der Waals surface area contributed by atoms with Crippen LogP contribution in [0.3, 0.4) is 0 Å². The topological polar surface area (TPSA) is 28.2 Å². The lowest BCUT2D eigenvalue weighted by Gasteiger charge is -2.37. The molecule has 0 atom stereocenters. The van der Waals surface area contributed by atoms with E-state index < -0.39 is 0 Å². The van der Waals surface area contributed by atoms with Crippen molar-refractivity contribution in [2.45, 2.75) is 66.3 Å². The van der Waals surface area contributed by atoms with E-state index in [4.69, 9.17) is 4.98 Å². The van der Waals surface area contributed by atoms with Gasteiger partial charge < -0.3 is 10.2 Å². The number of hydrogen-bond donors (Lipinski definition) is 1. The van der Waals surface area contributed by atoms with Crippen LogP contribution in [0.5, 0.6) is 0 Å². The van der Waals surface area contributed by atoms with Crippen LogP contribution in [0.2, 0.25) is 0 Å². The Kier molecular flexibility index (Phi) is 4.99. The first-order valence-electron chi connectivity index (χ1n) is 8.19. The molecule has 1 aromatic heterocycles. The van der Waals surface area contributed by atoms with Gasteiger partial charge in [0, 0.05) is 29.9 Å². The number of rotatable bonds is 4. The molecule has 1 aromatic rings. The molecular formula is C17H31N3S. The Hall–Kier alpha value is -0.610. The van der Waals surface area contributed by atoms with Gasteiger partial charge in [0.25, 0.3) is 0 Å². The van der Waals surface area contributed by atoms with Crippen molar-refractivity contribution >= 4 is 16.5 Å². The van der Waals surface area contributed by atoms with Gasteiger partial charge in [0.1, 0.15) is 0 Å². The van der Waals surface area contributed by atoms with Crippen LogP contribution in [-0.2, 0) is 12.0 Å². The van der Waals surface area contributed by atoms with E-state index in [1.807, 2.05) is 11.3 Å². The Bertz CT molecular complexity index is 471. The number of nitrogens with zero attached hydrogens (tertiary/aromatic N) is 2. The largest absolute Gasteiger partial charge is 0.348 e. The summed E-state index contributed by atoms with van der Waals surface area (Å²) in [4.78, 5) is 8.93. The van der Waals surface area contributed by atoms with Crippen molar-refractivity contribution in [2.24, 2.45) is 5.41 Å². The molecule has 0 aliphatic carbocycles. The third kappa shape index (κ3) is 4.19. The second-order valence-electron chi connectivity index (χ2n) is 7.99. The van der Waals surface area contributed by atoms with Gasteiger partial charge in [-0.05, 0) is 24.8 Å². The smallest absolute Gasteiger partial charge is 0.185 e. The minimum absolute atomic E-state index is 0.116. The molecule has 1 N–H and O–H groups in total. The van der Waals surface area contributed by atoms with Gasteiger partial charge in [0.15, 0.2) is 5.13 Å². The fourth-order valence-corrected chi connectivity index (χ4v) is 4.27. The van der Waals surface area contributed by atoms with Crippen LogP contribution >= 0.6 is 11.3 Å². The Morgan fingerprint density at radius 1 is 1.33 bits per heavy atom. The molecular weight excluding hydrogens is 278 g/mol. The van der Waals surface area contributed by atoms with E-state index in [0.717, 1.165) is 26.2 Å². The quantitative estimate of drug-likeness (QED) is 0.904. The number of hydrogen-bond acceptors (Lipinski definition) is 4. The molecule has 0 radical (unpaired) electrons. The van der Waals surface area contributed by atoms with Crippen LogP contribution < -0.4 is 10.2 Å². The zero-order valence-corrected chi connectivity index (χ0v) is 15.4. The van der Waals surface area contributed by atoms with Gasteiger partial charge in [-0.2, -0.15) is 0 Å². The van der Waals surface area contributed by atoms with Gasteiger partial charge in [-0.1, -0.05) is 41.5 Å². The van der Waals surface area contributed by atoms with Crippen LogP contribution in [0.25, 0.3) is 0 Å². The fraction of sp³-hybridized carbons (Fsp3) is 0.824. The molecule has 3 nitrogen and oxygen atoms in total. The van der Waals surface area contributed by atoms with Gasteiger partial charge in [-0.3, -0.25) is 0 Å². The summed E-state index contributed by atoms with van der Waals surface area (Å²) >= 11 is 1.89. The van der Waals surface area contributed by atoms with Crippen LogP contribution in [0, 0.1) is 5.41 Å². The average Bonchev–Trinajstić information content (AvgIpc) is 2.79. The number of anilines is 1. The van der Waals surface area contributed by atoms with E-state index in [2.05, 4.69) is 51.8 Å². The van der Waals surface area contributed by atoms with Crippen LogP contribution in [0.4, 0.5) is 5.13 Å². The van der Waals surface area contributed by atoms with Crippen molar-refractivity contribution < 1.29 is 0 Å². The van der Waals surface area contributed by atoms with Crippen LogP contribution in [-0.4, -0.2) is 24.6 Å². The predicted octanol–water partition coefficient (Wildman–Crippen LogP) is 4.18. The second-order valence-corrected chi connectivity index (χ2v) is 9.05. The molecule has 1 aliphatic rings. The van der Waals surface area contributed by atoms with Gasteiger partial charge in [-0.15, -0.1) is 11.3 Å². The van der Waals surface area contributed by atoms with Crippen molar-refractivity contribution in [3.63, 3.8) is 0 Å². The maximum absolute atomic E-state index is 5.03. The minimum Gasteiger partial charge on any atom is -0.348 e. The lowest BCUT2D eigenvalue weighted by Crippen LogP contribution is -2.40. The summed E-state index contributed by atoms with van der Waals surface area (Å²) in [6.45, 7) is 17.9. The van der Waals surface area contributed by atoms with E-state index in [9.17, 15) is 0 Å². The Balaban J connectivity index is 2.26. The second kappa shape index (κ2) is 6.25. The monoisotopic (exact) mass is 309 g/mol. The zero-order chi connectivity index (χ0) is 15.7. The molecule has 1 fully saturated rings. The highest BCUT2D eigenvalue weighted by atomic mass is 32.1. The molecule has 0 saturated carbocycles. The summed E-state index contributed by atoms with van der Waals surface area (Å²) in [5, 5.41) is 4.68. The number of thiazole rings is 1. The molecule has 120 valence electrons. The Labute approximate surface area is 134 Å². The molecule has 1 saturated heterocycles. The van der Waals surface area contributed by atoms with E-state index in [1.54, 1.807) is 0 Å². The van der Waals surface area contributed by atoms with Crippen molar-refractivity contribution in [2.75, 3.05) is 24.5 Å². The van der Waals surface area contributed by atoms with Gasteiger partial charge in [0.2, 0.25) is 0 Å². The van der Waals surface area contributed by atoms with Gasteiger partial charge in [-0.25, -0.2) is 4.98 Å². The lowest BCUT2D eigenvalue weighted by molar-refractivity contribution is 0.293. The molecule has 2 rings (SSSR count). The molecule has 2 heterocycles. The summed E-state index contributed by atoms with van der Waals surface area (Å²) in [5.41, 5.74) is 1.80. The number of nitrogens with one attached hydrogen (secondary N) is 1. The van der Waals surface area contributed by atoms with Crippen LogP contribution in [0.15, 0.2) is 0 Å². The molecule has 0 unspecified atom stereocenters. The zero-order valence-electron chi connectivity index (χ0n) is 14.5. The van der Waals surface area contributed by atoms with Gasteiger partial charge >= 0.3 is 0 Å². The molecule has 0 bridgehead atoms. The predicted molar refractivity (Wildman–Crippen MR) is 93.4 cm³/mol. The summed E-state index contributed by atoms with van der Waals surface area (Å²) in [6, 6.07) is 0. The summed E-state index contributed by atoms with van der Waals surface area (Å²) in [7, 11) is 0. The van der Waals surface area contributed by atoms with Crippen molar-refractivity contribution in [3.8, 4) is 0 Å². The Morgan fingerprint density at radius 2 is 2.05 bits per heavy atom. The van der Waals surface area contributed by atoms with Crippen molar-refractivity contribution in [1.82, 2.24) is 10.3 Å². The minimum atomic E-state index is 0.116. The first kappa shape index (κ1) is 16.8. The molecule has 0 amide bonds. The summed E-state index contributed by atoms with van der Waals surface area (Å²) in [6.07, 6.45) is 2.60. The highest BCUT2D eigenvalue weighted by molar-refractivity contribution is 7.15. The van der Waals surface area contributed by atoms with Crippen LogP contribution in [0.1, 0.15) is 65.0 Å². The lowest BCUT2D eigenvalue weighted by atomic mass is 9.84. The first-order chi connectivity index (χ1) is 9.73. The normalized spacial score (nSPS) is 19.0. The van der Waals surface area contributed by atoms with Gasteiger partial charge in [0.05, 0.1) is 5.69 Å². The summed E-state index contributed by atoms with van der Waals surface area (Å²) in [5.74, 6) is 0. The SMILES string of the molecule is CCNCc1sc(N2CCCC(C)(C)C2)nc1C(C)(C)C. The molecule has 1 aliphatic heterocycles. The summed E-state index contributed by atoms with van der Waals surface area (Å²) < 4.78 is 0. The maximum Gasteiger partial charge on any atom is 0.185 e. The van der Waals surface area contributed by atoms with E-state index >= 15 is 0 Å². The maximum atomic E-state index is 5.03. The third-order valence-electron chi connectivity index (χ3n) is 4.10. The fourth-order valence-electron chi connectivity index (χ4n) is 3.01. The van der Waals surface area contributed by atoms with Crippen molar-refractivity contribution in [3.05, 3.63) is 10.6 Å². The van der Waals surface area contributed by atoms with E-state index in [1.165, 1.54) is 28.5 Å². The third-order valence-corrected chi connectivity index (χ3v) is 5.22. The molecule has 0 aromatic carbocycles. The Morgan fingerprint density at radius 3 is 2.62 bits per heavy atom. The first-order valence-corrected chi connectivity index (χ1v) is 9.00. The van der Waals surface area contributed by atoms with E-state index in [-0.39, 0.29) is 5.41 Å². The van der Waals surface area contributed by atoms with Crippen molar-refractivity contribution in [1.29, 1.82) is 0 Å². The molecule has 4 heteroatoms. The number of piperidine rings is 1.